The van der Waals surface area contributed by atoms with E-state index in [-0.39, 0.29) is 23.7 Å². The van der Waals surface area contributed by atoms with Gasteiger partial charge in [-0.2, -0.15) is 0 Å². The number of nitrogens with two attached hydrogens (primary N) is 3. The average Bonchev–Trinajstić information content (AvgIpc) is 2.55. The van der Waals surface area contributed by atoms with Crippen molar-refractivity contribution in [2.24, 2.45) is 17.3 Å². The summed E-state index contributed by atoms with van der Waals surface area (Å²) in [5.74, 6) is 5.50. The zero-order valence-electron chi connectivity index (χ0n) is 13.3. The third kappa shape index (κ3) is 5.06. The molecule has 7 nitrogen and oxygen atoms in total. The van der Waals surface area contributed by atoms with E-state index in [2.05, 4.69) is 14.7 Å². The fourth-order valence-corrected chi connectivity index (χ4v) is 1.88. The van der Waals surface area contributed by atoms with Gasteiger partial charge in [0.2, 0.25) is 0 Å². The van der Waals surface area contributed by atoms with Gasteiger partial charge in [0.25, 0.3) is 0 Å². The van der Waals surface area contributed by atoms with Crippen molar-refractivity contribution in [3.63, 3.8) is 0 Å². The molecule has 2 rings (SSSR count). The van der Waals surface area contributed by atoms with Crippen LogP contribution in [0.15, 0.2) is 36.8 Å². The zero-order valence-corrected chi connectivity index (χ0v) is 13.3. The molecule has 1 heterocycles. The Morgan fingerprint density at radius 3 is 2.56 bits per heavy atom. The normalized spacial score (nSPS) is 12.2. The third-order valence-electron chi connectivity index (χ3n) is 3.18. The van der Waals surface area contributed by atoms with Crippen molar-refractivity contribution in [1.29, 1.82) is 0 Å². The molecule has 0 bridgehead atoms. The molecular formula is C15H17F3N6O. The summed E-state index contributed by atoms with van der Waals surface area (Å²) in [6.45, 7) is 1.73. The first-order valence-electron chi connectivity index (χ1n) is 7.08. The van der Waals surface area contributed by atoms with Crippen molar-refractivity contribution in [3.05, 3.63) is 53.7 Å². The molecule has 134 valence electrons. The molecule has 0 aliphatic heterocycles. The van der Waals surface area contributed by atoms with Crippen LogP contribution in [0.2, 0.25) is 0 Å². The quantitative estimate of drug-likeness (QED) is 0.553. The second kappa shape index (κ2) is 7.36. The van der Waals surface area contributed by atoms with Gasteiger partial charge < -0.3 is 16.2 Å². The molecule has 0 amide bonds. The largest absolute Gasteiger partial charge is 0.573 e. The summed E-state index contributed by atoms with van der Waals surface area (Å²) in [7, 11) is 0. The maximum absolute atomic E-state index is 12.4. The lowest BCUT2D eigenvalue weighted by Gasteiger charge is -2.18. The molecule has 0 saturated carbocycles. The van der Waals surface area contributed by atoms with Gasteiger partial charge in [-0.25, -0.2) is 5.84 Å². The molecule has 0 aliphatic carbocycles. The van der Waals surface area contributed by atoms with Crippen molar-refractivity contribution < 1.29 is 17.9 Å². The highest BCUT2D eigenvalue weighted by Gasteiger charge is 2.31. The summed E-state index contributed by atoms with van der Waals surface area (Å²) in [5, 5.41) is 1.07. The highest BCUT2D eigenvalue weighted by Crippen LogP contribution is 2.29. The zero-order chi connectivity index (χ0) is 18.6. The summed E-state index contributed by atoms with van der Waals surface area (Å²) in [4.78, 5) is 8.14. The number of hydrogen-bond donors (Lipinski definition) is 3. The maximum atomic E-state index is 12.4. The summed E-state index contributed by atoms with van der Waals surface area (Å²) >= 11 is 0. The molecule has 1 aromatic heterocycles. The Hall–Kier alpha value is -2.85. The molecule has 6 N–H and O–H groups in total. The minimum absolute atomic E-state index is 0.178. The first kappa shape index (κ1) is 18.5. The van der Waals surface area contributed by atoms with E-state index >= 15 is 0 Å². The number of hydrazine groups is 1. The fraction of sp³-hybridized carbons (Fsp3) is 0.200. The number of aryl methyl sites for hydroxylation is 1. The summed E-state index contributed by atoms with van der Waals surface area (Å²) in [6, 6.07) is 4.15. The first-order chi connectivity index (χ1) is 11.7. The van der Waals surface area contributed by atoms with Gasteiger partial charge in [0, 0.05) is 18.8 Å². The highest BCUT2D eigenvalue weighted by molar-refractivity contribution is 5.64. The van der Waals surface area contributed by atoms with Crippen LogP contribution in [0.5, 0.6) is 5.75 Å². The van der Waals surface area contributed by atoms with Crippen LogP contribution in [0.25, 0.3) is 5.70 Å². The Kier molecular flexibility index (Phi) is 5.45. The molecule has 0 radical (unpaired) electrons. The van der Waals surface area contributed by atoms with E-state index in [1.807, 2.05) is 0 Å². The summed E-state index contributed by atoms with van der Waals surface area (Å²) in [5.41, 5.74) is 13.0. The van der Waals surface area contributed by atoms with Crippen LogP contribution in [0.1, 0.15) is 17.0 Å². The van der Waals surface area contributed by atoms with Gasteiger partial charge in [0.1, 0.15) is 11.4 Å². The Bertz CT molecular complexity index is 761. The van der Waals surface area contributed by atoms with Crippen molar-refractivity contribution in [3.8, 4) is 5.75 Å². The van der Waals surface area contributed by atoms with E-state index in [0.717, 1.165) is 11.1 Å². The highest BCUT2D eigenvalue weighted by atomic mass is 19.4. The molecule has 2 aromatic rings. The number of anilines is 1. The molecule has 0 unspecified atom stereocenters. The van der Waals surface area contributed by atoms with Crippen LogP contribution < -0.4 is 27.1 Å². The first-order valence-corrected chi connectivity index (χ1v) is 7.08. The van der Waals surface area contributed by atoms with E-state index in [1.165, 1.54) is 37.7 Å². The number of halogens is 3. The van der Waals surface area contributed by atoms with Crippen LogP contribution in [-0.2, 0) is 6.54 Å². The molecule has 1 aromatic carbocycles. The van der Waals surface area contributed by atoms with E-state index in [4.69, 9.17) is 17.3 Å². The van der Waals surface area contributed by atoms with E-state index < -0.39 is 6.36 Å². The van der Waals surface area contributed by atoms with Gasteiger partial charge in [-0.3, -0.25) is 15.0 Å². The van der Waals surface area contributed by atoms with Crippen molar-refractivity contribution in [2.45, 2.75) is 19.8 Å². The molecule has 0 spiro atoms. The topological polar surface area (TPSA) is 116 Å². The van der Waals surface area contributed by atoms with Gasteiger partial charge in [-0.05, 0) is 18.6 Å². The summed E-state index contributed by atoms with van der Waals surface area (Å²) in [6.07, 6.45) is -0.584. The number of aromatic nitrogens is 2. The molecular weight excluding hydrogens is 337 g/mol. The SMILES string of the molecule is Cc1ccc(N(N)/C=C(\N)c2cnc(CN)cn2)cc1OC(F)(F)F. The van der Waals surface area contributed by atoms with Gasteiger partial charge in [0.05, 0.1) is 29.5 Å². The fourth-order valence-electron chi connectivity index (χ4n) is 1.88. The number of hydrogen-bond acceptors (Lipinski definition) is 7. The standard InChI is InChI=1S/C15H17F3N6O/c1-9-2-3-11(4-14(9)25-15(16,17)18)24(21)8-12(20)13-7-22-10(5-19)6-23-13/h2-4,6-8H,5,19-21H2,1H3/b12-8-. The Morgan fingerprint density at radius 2 is 2.00 bits per heavy atom. The number of benzene rings is 1. The molecule has 0 fully saturated rings. The third-order valence-corrected chi connectivity index (χ3v) is 3.18. The van der Waals surface area contributed by atoms with Crippen LogP contribution in [0.4, 0.5) is 18.9 Å². The smallest absolute Gasteiger partial charge is 0.405 e. The van der Waals surface area contributed by atoms with Crippen molar-refractivity contribution in [1.82, 2.24) is 9.97 Å². The minimum atomic E-state index is -4.79. The van der Waals surface area contributed by atoms with Gasteiger partial charge >= 0.3 is 6.36 Å². The predicted octanol–water partition coefficient (Wildman–Crippen LogP) is 1.78. The molecule has 0 saturated heterocycles. The number of nitrogens with zero attached hydrogens (tertiary/aromatic N) is 3. The van der Waals surface area contributed by atoms with E-state index in [9.17, 15) is 13.2 Å². The van der Waals surface area contributed by atoms with Crippen molar-refractivity contribution in [2.75, 3.05) is 5.01 Å². The Labute approximate surface area is 141 Å². The van der Waals surface area contributed by atoms with Gasteiger partial charge in [0.15, 0.2) is 0 Å². The lowest BCUT2D eigenvalue weighted by Crippen LogP contribution is -2.26. The van der Waals surface area contributed by atoms with Crippen LogP contribution in [0.3, 0.4) is 0 Å². The molecule has 25 heavy (non-hydrogen) atoms. The molecule has 10 heteroatoms. The van der Waals surface area contributed by atoms with Gasteiger partial charge in [-0.15, -0.1) is 13.2 Å². The monoisotopic (exact) mass is 354 g/mol. The number of alkyl halides is 3. The second-order valence-electron chi connectivity index (χ2n) is 5.09. The Morgan fingerprint density at radius 1 is 1.28 bits per heavy atom. The predicted molar refractivity (Wildman–Crippen MR) is 86.6 cm³/mol. The lowest BCUT2D eigenvalue weighted by molar-refractivity contribution is -0.274. The van der Waals surface area contributed by atoms with E-state index in [1.54, 1.807) is 0 Å². The second-order valence-corrected chi connectivity index (χ2v) is 5.09. The molecule has 0 aliphatic rings. The lowest BCUT2D eigenvalue weighted by atomic mass is 10.2. The summed E-state index contributed by atoms with van der Waals surface area (Å²) < 4.78 is 41.2. The Balaban J connectivity index is 2.24. The maximum Gasteiger partial charge on any atom is 0.573 e. The van der Waals surface area contributed by atoms with Crippen LogP contribution >= 0.6 is 0 Å². The number of ether oxygens (including phenoxy) is 1. The van der Waals surface area contributed by atoms with Crippen LogP contribution in [0, 0.1) is 6.92 Å². The average molecular weight is 354 g/mol. The number of rotatable bonds is 5. The van der Waals surface area contributed by atoms with Gasteiger partial charge in [-0.1, -0.05) is 6.07 Å². The molecule has 0 atom stereocenters. The van der Waals surface area contributed by atoms with Crippen LogP contribution in [-0.4, -0.2) is 16.3 Å². The van der Waals surface area contributed by atoms with Crippen molar-refractivity contribution >= 4 is 11.4 Å². The van der Waals surface area contributed by atoms with E-state index in [0.29, 0.717) is 17.0 Å². The minimum Gasteiger partial charge on any atom is -0.405 e.